The molecular weight excluding hydrogens is 326 g/mol. The third-order valence-corrected chi connectivity index (χ3v) is 4.43. The molecule has 1 aromatic heterocycles. The summed E-state index contributed by atoms with van der Waals surface area (Å²) >= 11 is 1.37. The van der Waals surface area contributed by atoms with Gasteiger partial charge >= 0.3 is 0 Å². The van der Waals surface area contributed by atoms with Crippen molar-refractivity contribution in [1.82, 2.24) is 10.3 Å². The number of aryl methyl sites for hydroxylation is 1. The number of methoxy groups -OCH3 is 1. The Hall–Kier alpha value is -2.28. The fraction of sp³-hybridized carbons (Fsp3) is 0.412. The Labute approximate surface area is 146 Å². The predicted octanol–water partition coefficient (Wildman–Crippen LogP) is 3.22. The molecule has 1 amide bonds. The number of aromatic nitrogens is 1. The van der Waals surface area contributed by atoms with Crippen molar-refractivity contribution in [1.29, 1.82) is 0 Å². The van der Waals surface area contributed by atoms with Crippen molar-refractivity contribution in [3.05, 3.63) is 34.3 Å². The number of carbonyl (C=O) groups is 1. The lowest BCUT2D eigenvalue weighted by Crippen LogP contribution is -2.22. The lowest BCUT2D eigenvalue weighted by molar-refractivity contribution is 0.0954. The largest absolute Gasteiger partial charge is 0.493 e. The summed E-state index contributed by atoms with van der Waals surface area (Å²) in [6.45, 7) is 7.50. The molecule has 1 aromatic carbocycles. The molecule has 0 aliphatic heterocycles. The molecule has 6 nitrogen and oxygen atoms in total. The number of rotatable bonds is 8. The third kappa shape index (κ3) is 4.38. The van der Waals surface area contributed by atoms with E-state index < -0.39 is 0 Å². The van der Waals surface area contributed by atoms with Gasteiger partial charge in [0.25, 0.3) is 5.91 Å². The van der Waals surface area contributed by atoms with Gasteiger partial charge in [0.05, 0.1) is 19.4 Å². The van der Waals surface area contributed by atoms with E-state index in [1.807, 2.05) is 39.0 Å². The van der Waals surface area contributed by atoms with Crippen LogP contribution in [0.4, 0.5) is 5.13 Å². The Morgan fingerprint density at radius 1 is 1.29 bits per heavy atom. The summed E-state index contributed by atoms with van der Waals surface area (Å²) < 4.78 is 10.8. The number of benzene rings is 1. The van der Waals surface area contributed by atoms with Gasteiger partial charge in [-0.2, -0.15) is 0 Å². The number of carbonyl (C=O) groups excluding carboxylic acids is 1. The molecule has 2 rings (SSSR count). The highest BCUT2D eigenvalue weighted by molar-refractivity contribution is 7.17. The van der Waals surface area contributed by atoms with Gasteiger partial charge in [-0.05, 0) is 38.5 Å². The SMILES string of the molecule is CCNc1nc(C)c(C(=O)NCc2ccc(OC)c(OCC)c2)s1. The van der Waals surface area contributed by atoms with Crippen molar-refractivity contribution < 1.29 is 14.3 Å². The van der Waals surface area contributed by atoms with E-state index in [0.717, 1.165) is 22.9 Å². The molecule has 0 saturated carbocycles. The van der Waals surface area contributed by atoms with Gasteiger partial charge in [-0.3, -0.25) is 4.79 Å². The Morgan fingerprint density at radius 3 is 2.75 bits per heavy atom. The van der Waals surface area contributed by atoms with Gasteiger partial charge < -0.3 is 20.1 Å². The number of hydrogen-bond acceptors (Lipinski definition) is 6. The summed E-state index contributed by atoms with van der Waals surface area (Å²) in [7, 11) is 1.60. The number of anilines is 1. The van der Waals surface area contributed by atoms with Crippen molar-refractivity contribution in [2.24, 2.45) is 0 Å². The van der Waals surface area contributed by atoms with Crippen LogP contribution >= 0.6 is 11.3 Å². The van der Waals surface area contributed by atoms with E-state index >= 15 is 0 Å². The number of amides is 1. The molecule has 0 saturated heterocycles. The topological polar surface area (TPSA) is 72.5 Å². The molecule has 2 aromatic rings. The Morgan fingerprint density at radius 2 is 2.08 bits per heavy atom. The molecule has 0 bridgehead atoms. The zero-order valence-corrected chi connectivity index (χ0v) is 15.3. The van der Waals surface area contributed by atoms with Crippen LogP contribution in [0.5, 0.6) is 11.5 Å². The van der Waals surface area contributed by atoms with Crippen molar-refractivity contribution in [2.75, 3.05) is 25.6 Å². The second kappa shape index (κ2) is 8.54. The summed E-state index contributed by atoms with van der Waals surface area (Å²) in [4.78, 5) is 17.3. The summed E-state index contributed by atoms with van der Waals surface area (Å²) in [5.74, 6) is 1.23. The molecule has 0 aliphatic rings. The van der Waals surface area contributed by atoms with Crippen molar-refractivity contribution in [3.8, 4) is 11.5 Å². The van der Waals surface area contributed by atoms with E-state index in [1.54, 1.807) is 7.11 Å². The molecule has 1 heterocycles. The number of thiazole rings is 1. The monoisotopic (exact) mass is 349 g/mol. The van der Waals surface area contributed by atoms with Crippen LogP contribution in [0.15, 0.2) is 18.2 Å². The van der Waals surface area contributed by atoms with E-state index in [4.69, 9.17) is 9.47 Å². The summed E-state index contributed by atoms with van der Waals surface area (Å²) in [5, 5.41) is 6.82. The van der Waals surface area contributed by atoms with Crippen LogP contribution in [0.2, 0.25) is 0 Å². The molecule has 24 heavy (non-hydrogen) atoms. The first-order valence-corrected chi connectivity index (χ1v) is 8.69. The molecule has 0 unspecified atom stereocenters. The van der Waals surface area contributed by atoms with Gasteiger partial charge in [0.15, 0.2) is 16.6 Å². The predicted molar refractivity (Wildman–Crippen MR) is 96.3 cm³/mol. The maximum atomic E-state index is 12.4. The van der Waals surface area contributed by atoms with E-state index in [9.17, 15) is 4.79 Å². The van der Waals surface area contributed by atoms with Crippen molar-refractivity contribution >= 4 is 22.4 Å². The van der Waals surface area contributed by atoms with Crippen LogP contribution in [-0.4, -0.2) is 31.2 Å². The maximum absolute atomic E-state index is 12.4. The second-order valence-corrected chi connectivity index (χ2v) is 6.06. The van der Waals surface area contributed by atoms with E-state index in [-0.39, 0.29) is 5.91 Å². The quantitative estimate of drug-likeness (QED) is 0.765. The number of ether oxygens (including phenoxy) is 2. The van der Waals surface area contributed by atoms with Crippen LogP contribution in [-0.2, 0) is 6.54 Å². The van der Waals surface area contributed by atoms with Crippen LogP contribution in [0.3, 0.4) is 0 Å². The molecule has 7 heteroatoms. The van der Waals surface area contributed by atoms with Crippen LogP contribution < -0.4 is 20.1 Å². The minimum absolute atomic E-state index is 0.122. The van der Waals surface area contributed by atoms with E-state index in [2.05, 4.69) is 15.6 Å². The summed E-state index contributed by atoms with van der Waals surface area (Å²) in [6, 6.07) is 5.63. The molecular formula is C17H23N3O3S. The Balaban J connectivity index is 2.04. The minimum Gasteiger partial charge on any atom is -0.493 e. The first kappa shape index (κ1) is 18.1. The average molecular weight is 349 g/mol. The number of nitrogens with zero attached hydrogens (tertiary/aromatic N) is 1. The van der Waals surface area contributed by atoms with Gasteiger partial charge in [0.1, 0.15) is 4.88 Å². The lowest BCUT2D eigenvalue weighted by atomic mass is 10.2. The molecule has 0 radical (unpaired) electrons. The summed E-state index contributed by atoms with van der Waals surface area (Å²) in [6.07, 6.45) is 0. The smallest absolute Gasteiger partial charge is 0.263 e. The highest BCUT2D eigenvalue weighted by Gasteiger charge is 2.15. The second-order valence-electron chi connectivity index (χ2n) is 5.06. The molecule has 0 atom stereocenters. The van der Waals surface area contributed by atoms with Crippen LogP contribution in [0.1, 0.15) is 34.8 Å². The zero-order valence-electron chi connectivity index (χ0n) is 14.4. The fourth-order valence-corrected chi connectivity index (χ4v) is 3.15. The minimum atomic E-state index is -0.122. The van der Waals surface area contributed by atoms with E-state index in [0.29, 0.717) is 29.5 Å². The fourth-order valence-electron chi connectivity index (χ4n) is 2.20. The van der Waals surface area contributed by atoms with Gasteiger partial charge in [0.2, 0.25) is 0 Å². The van der Waals surface area contributed by atoms with Crippen LogP contribution in [0.25, 0.3) is 0 Å². The number of nitrogens with one attached hydrogen (secondary N) is 2. The van der Waals surface area contributed by atoms with Crippen LogP contribution in [0, 0.1) is 6.92 Å². The first-order valence-electron chi connectivity index (χ1n) is 7.88. The zero-order chi connectivity index (χ0) is 17.5. The normalized spacial score (nSPS) is 10.3. The van der Waals surface area contributed by atoms with Crippen molar-refractivity contribution in [2.45, 2.75) is 27.3 Å². The molecule has 2 N–H and O–H groups in total. The maximum Gasteiger partial charge on any atom is 0.263 e. The Kier molecular flexibility index (Phi) is 6.43. The Bertz CT molecular complexity index is 700. The van der Waals surface area contributed by atoms with Gasteiger partial charge in [-0.15, -0.1) is 0 Å². The highest BCUT2D eigenvalue weighted by atomic mass is 32.1. The van der Waals surface area contributed by atoms with Gasteiger partial charge in [0, 0.05) is 13.1 Å². The molecule has 0 spiro atoms. The van der Waals surface area contributed by atoms with Crippen molar-refractivity contribution in [3.63, 3.8) is 0 Å². The molecule has 0 aliphatic carbocycles. The number of hydrogen-bond donors (Lipinski definition) is 2. The highest BCUT2D eigenvalue weighted by Crippen LogP contribution is 2.28. The standard InChI is InChI=1S/C17H23N3O3S/c1-5-18-17-20-11(3)15(24-17)16(21)19-10-12-7-8-13(22-4)14(9-12)23-6-2/h7-9H,5-6,10H2,1-4H3,(H,18,20)(H,19,21). The first-order chi connectivity index (χ1) is 11.6. The molecule has 0 fully saturated rings. The van der Waals surface area contributed by atoms with Gasteiger partial charge in [-0.1, -0.05) is 17.4 Å². The third-order valence-electron chi connectivity index (χ3n) is 3.31. The average Bonchev–Trinajstić information content (AvgIpc) is 2.94. The molecule has 130 valence electrons. The summed E-state index contributed by atoms with van der Waals surface area (Å²) in [5.41, 5.74) is 1.68. The lowest BCUT2D eigenvalue weighted by Gasteiger charge is -2.11. The van der Waals surface area contributed by atoms with E-state index in [1.165, 1.54) is 11.3 Å². The van der Waals surface area contributed by atoms with Gasteiger partial charge in [-0.25, -0.2) is 4.98 Å².